The number of halogens is 1. The zero-order valence-electron chi connectivity index (χ0n) is 22.5. The minimum absolute atomic E-state index is 0.0744. The lowest BCUT2D eigenvalue weighted by Crippen LogP contribution is -2.36. The second-order valence-corrected chi connectivity index (χ2v) is 10.2. The van der Waals surface area contributed by atoms with E-state index in [1.807, 2.05) is 25.3 Å². The van der Waals surface area contributed by atoms with Gasteiger partial charge in [0.2, 0.25) is 11.7 Å². The lowest BCUT2D eigenvalue weighted by Gasteiger charge is -2.30. The van der Waals surface area contributed by atoms with Gasteiger partial charge in [-0.15, -0.1) is 0 Å². The quantitative estimate of drug-likeness (QED) is 0.167. The predicted molar refractivity (Wildman–Crippen MR) is 159 cm³/mol. The molecular formula is C29H28FN7O3S. The van der Waals surface area contributed by atoms with Crippen LogP contribution < -0.4 is 20.1 Å². The second kappa shape index (κ2) is 11.1. The number of benzene rings is 2. The Morgan fingerprint density at radius 2 is 1.95 bits per heavy atom. The van der Waals surface area contributed by atoms with Gasteiger partial charge < -0.3 is 29.8 Å². The largest absolute Gasteiger partial charge is 0.436 e. The van der Waals surface area contributed by atoms with Crippen LogP contribution in [0.5, 0.6) is 11.6 Å². The summed E-state index contributed by atoms with van der Waals surface area (Å²) in [6.45, 7) is 4.77. The first-order valence-corrected chi connectivity index (χ1v) is 14.2. The van der Waals surface area contributed by atoms with Crippen LogP contribution in [0.4, 0.5) is 21.6 Å². The highest BCUT2D eigenvalue weighted by molar-refractivity contribution is 7.99. The van der Waals surface area contributed by atoms with Gasteiger partial charge in [-0.25, -0.2) is 14.1 Å². The average Bonchev–Trinajstić information content (AvgIpc) is 3.57. The first kappa shape index (κ1) is 26.7. The summed E-state index contributed by atoms with van der Waals surface area (Å²) in [6, 6.07) is 13.7. The first-order valence-electron chi connectivity index (χ1n) is 13.0. The fourth-order valence-corrected chi connectivity index (χ4v) is 5.24. The lowest BCUT2D eigenvalue weighted by atomic mass is 10.1. The molecule has 1 saturated heterocycles. The summed E-state index contributed by atoms with van der Waals surface area (Å²) in [4.78, 5) is 23.4. The Morgan fingerprint density at radius 3 is 2.71 bits per heavy atom. The number of nitrogens with zero attached hydrogens (tertiary/aromatic N) is 4. The minimum atomic E-state index is -0.485. The van der Waals surface area contributed by atoms with E-state index in [1.165, 1.54) is 41.2 Å². The number of aryl methyl sites for hydroxylation is 1. The third-order valence-corrected chi connectivity index (χ3v) is 7.36. The van der Waals surface area contributed by atoms with E-state index in [-0.39, 0.29) is 28.8 Å². The number of hydrogen-bond donors (Lipinski definition) is 3. The number of ether oxygens (including phenoxy) is 2. The maximum Gasteiger partial charge on any atom is 0.219 e. The Bertz CT molecular complexity index is 1750. The minimum Gasteiger partial charge on any atom is -0.436 e. The van der Waals surface area contributed by atoms with Gasteiger partial charge in [0.25, 0.3) is 0 Å². The van der Waals surface area contributed by atoms with Crippen LogP contribution in [0.3, 0.4) is 0 Å². The van der Waals surface area contributed by atoms with Crippen LogP contribution in [0.2, 0.25) is 0 Å². The number of rotatable bonds is 8. The monoisotopic (exact) mass is 573 g/mol. The normalized spacial score (nSPS) is 13.5. The molecule has 4 N–H and O–H groups in total. The number of para-hydroxylation sites is 1. The van der Waals surface area contributed by atoms with E-state index >= 15 is 0 Å². The van der Waals surface area contributed by atoms with Crippen LogP contribution in [0.15, 0.2) is 60.9 Å². The van der Waals surface area contributed by atoms with E-state index in [1.54, 1.807) is 18.2 Å². The van der Waals surface area contributed by atoms with Crippen LogP contribution >= 0.6 is 11.9 Å². The van der Waals surface area contributed by atoms with E-state index in [9.17, 15) is 9.18 Å². The maximum atomic E-state index is 14.0. The van der Waals surface area contributed by atoms with Crippen LogP contribution in [0.1, 0.15) is 21.6 Å². The molecule has 0 spiro atoms. The van der Waals surface area contributed by atoms with E-state index in [2.05, 4.69) is 30.8 Å². The number of carbonyl (C=O) groups is 1. The van der Waals surface area contributed by atoms with Crippen molar-refractivity contribution in [2.45, 2.75) is 6.92 Å². The number of aromatic nitrogens is 4. The van der Waals surface area contributed by atoms with Crippen molar-refractivity contribution in [2.24, 2.45) is 0 Å². The van der Waals surface area contributed by atoms with Gasteiger partial charge in [-0.2, -0.15) is 5.10 Å². The van der Waals surface area contributed by atoms with Gasteiger partial charge in [-0.3, -0.25) is 4.79 Å². The molecule has 1 aliphatic heterocycles. The summed E-state index contributed by atoms with van der Waals surface area (Å²) in [5.41, 5.74) is 11.3. The molecule has 1 aliphatic rings. The van der Waals surface area contributed by atoms with Gasteiger partial charge in [0, 0.05) is 36.3 Å². The van der Waals surface area contributed by atoms with E-state index in [0.717, 1.165) is 40.9 Å². The topological polar surface area (TPSA) is 123 Å². The Hall–Kier alpha value is -4.55. The fraction of sp³-hybridized carbons (Fsp3) is 0.207. The first-order chi connectivity index (χ1) is 19.9. The SMILES string of the molecule is CSNc1cc2[nH]c(C(=O)c3cnn(-c4cnc(Oc5ccccc5F)cc4C)c3N)cc2cc1N1CCOCC1. The number of ketones is 1. The van der Waals surface area contributed by atoms with Gasteiger partial charge in [0.05, 0.1) is 53.9 Å². The molecule has 6 rings (SSSR count). The summed E-state index contributed by atoms with van der Waals surface area (Å²) < 4.78 is 29.9. The Balaban J connectivity index is 1.28. The molecule has 210 valence electrons. The van der Waals surface area contributed by atoms with E-state index in [4.69, 9.17) is 15.2 Å². The zero-order chi connectivity index (χ0) is 28.5. The molecule has 0 bridgehead atoms. The number of morpholine rings is 1. The molecule has 12 heteroatoms. The number of carbonyl (C=O) groups excluding carboxylic acids is 1. The third-order valence-electron chi connectivity index (χ3n) is 6.93. The Kier molecular flexibility index (Phi) is 7.25. The van der Waals surface area contributed by atoms with Crippen molar-refractivity contribution in [2.75, 3.05) is 47.9 Å². The lowest BCUT2D eigenvalue weighted by molar-refractivity contribution is 0.103. The van der Waals surface area contributed by atoms with Crippen LogP contribution in [0, 0.1) is 12.7 Å². The molecule has 0 atom stereocenters. The molecule has 0 saturated carbocycles. The summed E-state index contributed by atoms with van der Waals surface area (Å²) >= 11 is 1.51. The number of nitrogen functional groups attached to an aromatic ring is 1. The summed E-state index contributed by atoms with van der Waals surface area (Å²) in [5.74, 6) is -0.280. The fourth-order valence-electron chi connectivity index (χ4n) is 4.86. The van der Waals surface area contributed by atoms with E-state index < -0.39 is 5.82 Å². The Labute approximate surface area is 239 Å². The summed E-state index contributed by atoms with van der Waals surface area (Å²) in [5, 5.41) is 5.29. The average molecular weight is 574 g/mol. The molecule has 2 aromatic carbocycles. The molecular weight excluding hydrogens is 545 g/mol. The number of fused-ring (bicyclic) bond motifs is 1. The van der Waals surface area contributed by atoms with Gasteiger partial charge in [0.15, 0.2) is 11.6 Å². The molecule has 1 fully saturated rings. The van der Waals surface area contributed by atoms with Gasteiger partial charge >= 0.3 is 0 Å². The van der Waals surface area contributed by atoms with Crippen molar-refractivity contribution in [3.63, 3.8) is 0 Å². The van der Waals surface area contributed by atoms with Crippen LogP contribution in [-0.2, 0) is 4.74 Å². The van der Waals surface area contributed by atoms with Crippen molar-refractivity contribution in [3.8, 4) is 17.3 Å². The van der Waals surface area contributed by atoms with Crippen molar-refractivity contribution in [1.29, 1.82) is 0 Å². The molecule has 10 nitrogen and oxygen atoms in total. The molecule has 3 aromatic heterocycles. The number of hydrogen-bond acceptors (Lipinski definition) is 9. The second-order valence-electron chi connectivity index (χ2n) is 9.57. The maximum absolute atomic E-state index is 14.0. The van der Waals surface area contributed by atoms with E-state index in [0.29, 0.717) is 24.6 Å². The molecule has 0 amide bonds. The summed E-state index contributed by atoms with van der Waals surface area (Å²) in [6.07, 6.45) is 4.95. The highest BCUT2D eigenvalue weighted by Crippen LogP contribution is 2.34. The molecule has 0 unspecified atom stereocenters. The van der Waals surface area contributed by atoms with Gasteiger partial charge in [-0.05, 0) is 42.8 Å². The number of H-pyrrole nitrogens is 1. The molecule has 41 heavy (non-hydrogen) atoms. The van der Waals surface area contributed by atoms with Crippen LogP contribution in [-0.4, -0.2) is 58.1 Å². The number of nitrogens with two attached hydrogens (primary N) is 1. The van der Waals surface area contributed by atoms with Crippen molar-refractivity contribution in [1.82, 2.24) is 19.7 Å². The standard InChI is InChI=1S/C29H28FN7O3S/c1-17-11-27(40-26-6-4-3-5-20(26)30)32-16-25(17)37-29(31)19(15-33-37)28(38)23-12-18-13-24(36-7-9-39-10-8-36)22(35-41-2)14-21(18)34-23/h3-6,11-16,34-35H,7-10,31H2,1-2H3. The van der Waals surface area contributed by atoms with Crippen molar-refractivity contribution in [3.05, 3.63) is 83.6 Å². The van der Waals surface area contributed by atoms with Gasteiger partial charge in [0.1, 0.15) is 5.82 Å². The highest BCUT2D eigenvalue weighted by atomic mass is 32.2. The van der Waals surface area contributed by atoms with Crippen molar-refractivity contribution < 1.29 is 18.7 Å². The molecule has 0 radical (unpaired) electrons. The molecule has 4 heterocycles. The number of pyridine rings is 1. The number of nitrogens with one attached hydrogen (secondary N) is 2. The Morgan fingerprint density at radius 1 is 1.15 bits per heavy atom. The molecule has 5 aromatic rings. The van der Waals surface area contributed by atoms with Crippen LogP contribution in [0.25, 0.3) is 16.6 Å². The number of anilines is 3. The highest BCUT2D eigenvalue weighted by Gasteiger charge is 2.22. The zero-order valence-corrected chi connectivity index (χ0v) is 23.3. The molecule has 0 aliphatic carbocycles. The van der Waals surface area contributed by atoms with Gasteiger partial charge in [-0.1, -0.05) is 24.1 Å². The third kappa shape index (κ3) is 5.19. The number of aromatic amines is 1. The smallest absolute Gasteiger partial charge is 0.219 e. The van der Waals surface area contributed by atoms with Crippen molar-refractivity contribution >= 4 is 45.8 Å². The summed E-state index contributed by atoms with van der Waals surface area (Å²) in [7, 11) is 0. The predicted octanol–water partition coefficient (Wildman–Crippen LogP) is 5.33.